The topological polar surface area (TPSA) is 46.2 Å². The van der Waals surface area contributed by atoms with Crippen molar-refractivity contribution in [2.24, 2.45) is 5.41 Å². The lowest BCUT2D eigenvalue weighted by molar-refractivity contribution is -0.117. The van der Waals surface area contributed by atoms with Crippen LogP contribution in [0, 0.1) is 5.41 Å². The van der Waals surface area contributed by atoms with Crippen molar-refractivity contribution < 1.29 is 9.59 Å². The van der Waals surface area contributed by atoms with Gasteiger partial charge in [0.05, 0.1) is 0 Å². The molecular formula is C25H37NO2. The zero-order chi connectivity index (χ0) is 21.7. The summed E-state index contributed by atoms with van der Waals surface area (Å²) in [7, 11) is 1.56. The summed E-state index contributed by atoms with van der Waals surface area (Å²) in [5, 5.41) is 2.53. The third-order valence-corrected chi connectivity index (χ3v) is 4.57. The van der Waals surface area contributed by atoms with E-state index in [9.17, 15) is 9.59 Å². The van der Waals surface area contributed by atoms with Gasteiger partial charge in [-0.05, 0) is 42.0 Å². The van der Waals surface area contributed by atoms with E-state index < -0.39 is 0 Å². The SMILES string of the molecule is C=C(/C=C(C=O)\C=C(/C)C(=O)NC)C(CC)c1ccccc1.CCC(C)(C)C. The minimum absolute atomic E-state index is 0.157. The molecule has 3 heteroatoms. The predicted octanol–water partition coefficient (Wildman–Crippen LogP) is 6.00. The molecule has 1 N–H and O–H groups in total. The summed E-state index contributed by atoms with van der Waals surface area (Å²) in [6.45, 7) is 16.8. The second-order valence-electron chi connectivity index (χ2n) is 8.03. The maximum atomic E-state index is 11.5. The zero-order valence-electron chi connectivity index (χ0n) is 18.6. The fourth-order valence-electron chi connectivity index (χ4n) is 2.33. The molecule has 0 radical (unpaired) electrons. The van der Waals surface area contributed by atoms with Gasteiger partial charge in [-0.25, -0.2) is 0 Å². The monoisotopic (exact) mass is 383 g/mol. The van der Waals surface area contributed by atoms with E-state index in [1.165, 1.54) is 12.0 Å². The Balaban J connectivity index is 0.00000105. The maximum Gasteiger partial charge on any atom is 0.246 e. The van der Waals surface area contributed by atoms with Gasteiger partial charge in [0, 0.05) is 24.1 Å². The summed E-state index contributed by atoms with van der Waals surface area (Å²) in [6.07, 6.45) is 6.24. The molecule has 0 aliphatic carbocycles. The van der Waals surface area contributed by atoms with Gasteiger partial charge in [0.25, 0.3) is 0 Å². The lowest BCUT2D eigenvalue weighted by Gasteiger charge is -2.16. The van der Waals surface area contributed by atoms with Crippen molar-refractivity contribution in [3.8, 4) is 0 Å². The van der Waals surface area contributed by atoms with Crippen LogP contribution in [0.4, 0.5) is 0 Å². The molecule has 0 aromatic heterocycles. The molecule has 0 aliphatic heterocycles. The van der Waals surface area contributed by atoms with Crippen LogP contribution in [0.1, 0.15) is 65.9 Å². The Bertz CT molecular complexity index is 691. The van der Waals surface area contributed by atoms with Gasteiger partial charge in [0.1, 0.15) is 6.29 Å². The number of carbonyl (C=O) groups is 2. The molecule has 1 aromatic rings. The van der Waals surface area contributed by atoms with Crippen LogP contribution >= 0.6 is 0 Å². The highest BCUT2D eigenvalue weighted by Gasteiger charge is 2.12. The van der Waals surface area contributed by atoms with E-state index in [4.69, 9.17) is 0 Å². The van der Waals surface area contributed by atoms with E-state index in [-0.39, 0.29) is 11.8 Å². The van der Waals surface area contributed by atoms with Crippen LogP contribution in [0.2, 0.25) is 0 Å². The van der Waals surface area contributed by atoms with Crippen molar-refractivity contribution in [2.45, 2.75) is 60.3 Å². The van der Waals surface area contributed by atoms with Crippen LogP contribution < -0.4 is 5.32 Å². The number of aldehydes is 1. The maximum absolute atomic E-state index is 11.5. The number of nitrogens with one attached hydrogen (secondary N) is 1. The van der Waals surface area contributed by atoms with E-state index >= 15 is 0 Å². The molecule has 154 valence electrons. The Hall–Kier alpha value is -2.42. The van der Waals surface area contributed by atoms with Gasteiger partial charge < -0.3 is 5.32 Å². The van der Waals surface area contributed by atoms with Crippen LogP contribution in [0.25, 0.3) is 0 Å². The van der Waals surface area contributed by atoms with Crippen molar-refractivity contribution in [1.82, 2.24) is 5.32 Å². The van der Waals surface area contributed by atoms with E-state index in [1.807, 2.05) is 18.2 Å². The molecule has 1 aromatic carbocycles. The summed E-state index contributed by atoms with van der Waals surface area (Å²) in [6, 6.07) is 10.1. The number of rotatable bonds is 7. The first-order valence-electron chi connectivity index (χ1n) is 9.90. The van der Waals surface area contributed by atoms with Gasteiger partial charge in [0.15, 0.2) is 0 Å². The lowest BCUT2D eigenvalue weighted by atomic mass is 9.88. The van der Waals surface area contributed by atoms with Crippen molar-refractivity contribution in [3.05, 3.63) is 71.3 Å². The van der Waals surface area contributed by atoms with Crippen molar-refractivity contribution in [3.63, 3.8) is 0 Å². The third kappa shape index (κ3) is 10.1. The molecule has 0 saturated carbocycles. The summed E-state index contributed by atoms with van der Waals surface area (Å²) < 4.78 is 0. The number of allylic oxidation sites excluding steroid dienone is 4. The molecule has 0 heterocycles. The third-order valence-electron chi connectivity index (χ3n) is 4.57. The fourth-order valence-corrected chi connectivity index (χ4v) is 2.33. The van der Waals surface area contributed by atoms with Crippen molar-refractivity contribution >= 4 is 12.2 Å². The lowest BCUT2D eigenvalue weighted by Crippen LogP contribution is -2.18. The highest BCUT2D eigenvalue weighted by Crippen LogP contribution is 2.28. The number of hydrogen-bond donors (Lipinski definition) is 1. The van der Waals surface area contributed by atoms with Gasteiger partial charge in [0.2, 0.25) is 5.91 Å². The number of benzene rings is 1. The molecule has 1 atom stereocenters. The predicted molar refractivity (Wildman–Crippen MR) is 120 cm³/mol. The number of likely N-dealkylation sites (N-methyl/N-ethyl adjacent to an activating group) is 1. The summed E-state index contributed by atoms with van der Waals surface area (Å²) in [4.78, 5) is 22.8. The summed E-state index contributed by atoms with van der Waals surface area (Å²) in [5.41, 5.74) is 3.50. The van der Waals surface area contributed by atoms with E-state index in [0.717, 1.165) is 18.3 Å². The molecule has 0 saturated heterocycles. The minimum Gasteiger partial charge on any atom is -0.355 e. The fraction of sp³-hybridized carbons (Fsp3) is 0.440. The second-order valence-corrected chi connectivity index (χ2v) is 8.03. The zero-order valence-corrected chi connectivity index (χ0v) is 18.6. The number of carbonyl (C=O) groups excluding carboxylic acids is 2. The van der Waals surface area contributed by atoms with Crippen molar-refractivity contribution in [2.75, 3.05) is 7.05 Å². The standard InChI is InChI=1S/C19H23NO2.C6H14/c1-5-18(17-9-7-6-8-10-17)14(2)11-16(13-21)12-15(3)19(22)20-4;1-5-6(2,3)4/h6-13,18H,2,5H2,1,3-4H3,(H,20,22);5H2,1-4H3/b15-12+,16-11+;. The Morgan fingerprint density at radius 2 is 1.68 bits per heavy atom. The molecule has 0 spiro atoms. The molecule has 1 amide bonds. The van der Waals surface area contributed by atoms with Crippen molar-refractivity contribution in [1.29, 1.82) is 0 Å². The Morgan fingerprint density at radius 1 is 1.14 bits per heavy atom. The molecule has 3 nitrogen and oxygen atoms in total. The molecule has 1 unspecified atom stereocenters. The average molecular weight is 384 g/mol. The largest absolute Gasteiger partial charge is 0.355 e. The van der Waals surface area contributed by atoms with E-state index in [2.05, 4.69) is 58.6 Å². The molecule has 28 heavy (non-hydrogen) atoms. The summed E-state index contributed by atoms with van der Waals surface area (Å²) >= 11 is 0. The van der Waals surface area contributed by atoms with Gasteiger partial charge in [-0.2, -0.15) is 0 Å². The second kappa shape index (κ2) is 12.9. The van der Waals surface area contributed by atoms with Crippen LogP contribution in [0.5, 0.6) is 0 Å². The average Bonchev–Trinajstić information content (AvgIpc) is 2.67. The molecule has 0 aliphatic rings. The molecule has 0 fully saturated rings. The van der Waals surface area contributed by atoms with Gasteiger partial charge in [-0.3, -0.25) is 9.59 Å². The highest BCUT2D eigenvalue weighted by molar-refractivity contribution is 5.95. The van der Waals surface area contributed by atoms with Gasteiger partial charge >= 0.3 is 0 Å². The smallest absolute Gasteiger partial charge is 0.246 e. The van der Waals surface area contributed by atoms with Crippen LogP contribution in [-0.4, -0.2) is 19.2 Å². The first kappa shape index (κ1) is 25.6. The van der Waals surface area contributed by atoms with Crippen LogP contribution in [0.3, 0.4) is 0 Å². The normalized spacial score (nSPS) is 13.1. The number of amides is 1. The van der Waals surface area contributed by atoms with E-state index in [1.54, 1.807) is 26.1 Å². The Morgan fingerprint density at radius 3 is 2.07 bits per heavy atom. The number of hydrogen-bond acceptors (Lipinski definition) is 2. The molecular weight excluding hydrogens is 346 g/mol. The summed E-state index contributed by atoms with van der Waals surface area (Å²) in [5.74, 6) is -0.0432. The van der Waals surface area contributed by atoms with Gasteiger partial charge in [-0.1, -0.05) is 78.0 Å². The molecule has 1 rings (SSSR count). The molecule has 0 bridgehead atoms. The Labute approximate surface area is 171 Å². The first-order valence-corrected chi connectivity index (χ1v) is 9.90. The quantitative estimate of drug-likeness (QED) is 0.357. The van der Waals surface area contributed by atoms with Crippen LogP contribution in [-0.2, 0) is 9.59 Å². The van der Waals surface area contributed by atoms with Crippen LogP contribution in [0.15, 0.2) is 65.8 Å². The van der Waals surface area contributed by atoms with E-state index in [0.29, 0.717) is 16.6 Å². The Kier molecular flexibility index (Phi) is 11.8. The minimum atomic E-state index is -0.200. The highest BCUT2D eigenvalue weighted by atomic mass is 16.1. The van der Waals surface area contributed by atoms with Gasteiger partial charge in [-0.15, -0.1) is 0 Å². The first-order chi connectivity index (χ1) is 13.1.